The van der Waals surface area contributed by atoms with E-state index in [0.717, 1.165) is 11.1 Å². The first kappa shape index (κ1) is 23.0. The molecule has 3 aromatic carbocycles. The van der Waals surface area contributed by atoms with Crippen molar-refractivity contribution < 1.29 is 18.7 Å². The van der Waals surface area contributed by atoms with Crippen LogP contribution in [0, 0.1) is 6.92 Å². The molecule has 0 atom stereocenters. The van der Waals surface area contributed by atoms with Gasteiger partial charge in [0, 0.05) is 27.9 Å². The summed E-state index contributed by atoms with van der Waals surface area (Å²) in [5, 5.41) is 14.0. The molecule has 0 saturated heterocycles. The molecular formula is C25H21ClN4O4. The fourth-order valence-electron chi connectivity index (χ4n) is 3.00. The van der Waals surface area contributed by atoms with E-state index in [1.807, 2.05) is 19.1 Å². The summed E-state index contributed by atoms with van der Waals surface area (Å²) in [6.45, 7) is 1.84. The van der Waals surface area contributed by atoms with E-state index >= 15 is 0 Å². The number of rotatable bonds is 8. The number of hydrogen-bond acceptors (Lipinski definition) is 6. The van der Waals surface area contributed by atoms with Crippen molar-refractivity contribution in [2.24, 2.45) is 0 Å². The molecule has 172 valence electrons. The molecule has 1 heterocycles. The van der Waals surface area contributed by atoms with Crippen molar-refractivity contribution in [1.29, 1.82) is 0 Å². The minimum absolute atomic E-state index is 0.0601. The predicted molar refractivity (Wildman–Crippen MR) is 128 cm³/mol. The number of hydrogen-bond donors (Lipinski definition) is 2. The molecule has 0 aliphatic heterocycles. The minimum atomic E-state index is -0.359. The second-order valence-corrected chi connectivity index (χ2v) is 7.86. The van der Waals surface area contributed by atoms with Gasteiger partial charge in [0.2, 0.25) is 11.8 Å². The lowest BCUT2D eigenvalue weighted by atomic mass is 10.1. The monoisotopic (exact) mass is 476 g/mol. The van der Waals surface area contributed by atoms with E-state index in [0.29, 0.717) is 33.8 Å². The zero-order valence-electron chi connectivity index (χ0n) is 18.2. The Morgan fingerprint density at radius 3 is 2.53 bits per heavy atom. The lowest BCUT2D eigenvalue weighted by Crippen LogP contribution is -2.32. The largest absolute Gasteiger partial charge is 0.484 e. The smallest absolute Gasteiger partial charge is 0.254 e. The molecule has 0 saturated carbocycles. The summed E-state index contributed by atoms with van der Waals surface area (Å²) < 4.78 is 11.3. The summed E-state index contributed by atoms with van der Waals surface area (Å²) in [4.78, 5) is 24.4. The zero-order chi connectivity index (χ0) is 23.9. The molecule has 2 amide bonds. The third-order valence-electron chi connectivity index (χ3n) is 4.76. The third kappa shape index (κ3) is 6.20. The van der Waals surface area contributed by atoms with Gasteiger partial charge >= 0.3 is 0 Å². The standard InChI is InChI=1S/C25H21ClN4O4/c1-16-5-7-17(8-6-16)24(32)27-14-22(31)28-20-3-2-4-21(13-20)33-15-23-29-30-25(34-23)18-9-11-19(26)12-10-18/h2-13H,14-15H2,1H3,(H,27,32)(H,28,31). The first-order valence-electron chi connectivity index (χ1n) is 10.4. The number of anilines is 1. The van der Waals surface area contributed by atoms with Crippen LogP contribution in [-0.2, 0) is 11.4 Å². The Morgan fingerprint density at radius 2 is 1.76 bits per heavy atom. The first-order valence-corrected chi connectivity index (χ1v) is 10.8. The van der Waals surface area contributed by atoms with Gasteiger partial charge in [0.1, 0.15) is 5.75 Å². The molecule has 0 aliphatic carbocycles. The van der Waals surface area contributed by atoms with Crippen LogP contribution in [0.5, 0.6) is 5.75 Å². The number of nitrogens with zero attached hydrogens (tertiary/aromatic N) is 2. The molecule has 34 heavy (non-hydrogen) atoms. The zero-order valence-corrected chi connectivity index (χ0v) is 19.0. The molecule has 9 heteroatoms. The molecule has 0 unspecified atom stereocenters. The molecule has 0 fully saturated rings. The van der Waals surface area contributed by atoms with Gasteiger partial charge in [0.25, 0.3) is 11.8 Å². The number of aryl methyl sites for hydroxylation is 1. The Hall–Kier alpha value is -4.17. The van der Waals surface area contributed by atoms with Gasteiger partial charge in [0.15, 0.2) is 6.61 Å². The van der Waals surface area contributed by atoms with Gasteiger partial charge in [0.05, 0.1) is 6.54 Å². The Labute approximate surface area is 200 Å². The van der Waals surface area contributed by atoms with Crippen molar-refractivity contribution in [2.45, 2.75) is 13.5 Å². The van der Waals surface area contributed by atoms with Gasteiger partial charge in [-0.15, -0.1) is 10.2 Å². The summed E-state index contributed by atoms with van der Waals surface area (Å²) in [6, 6.07) is 21.0. The molecule has 0 bridgehead atoms. The van der Waals surface area contributed by atoms with Crippen molar-refractivity contribution in [3.05, 3.63) is 94.8 Å². The van der Waals surface area contributed by atoms with Crippen molar-refractivity contribution >= 4 is 29.1 Å². The van der Waals surface area contributed by atoms with E-state index < -0.39 is 0 Å². The minimum Gasteiger partial charge on any atom is -0.484 e. The maximum Gasteiger partial charge on any atom is 0.254 e. The maximum absolute atomic E-state index is 12.2. The first-order chi connectivity index (χ1) is 16.5. The van der Waals surface area contributed by atoms with Crippen molar-refractivity contribution in [3.8, 4) is 17.2 Å². The average Bonchev–Trinajstić information content (AvgIpc) is 3.31. The van der Waals surface area contributed by atoms with Crippen LogP contribution in [0.4, 0.5) is 5.69 Å². The van der Waals surface area contributed by atoms with Gasteiger partial charge in [-0.3, -0.25) is 9.59 Å². The van der Waals surface area contributed by atoms with Crippen LogP contribution >= 0.6 is 11.6 Å². The number of aromatic nitrogens is 2. The van der Waals surface area contributed by atoms with Crippen LogP contribution < -0.4 is 15.4 Å². The fourth-order valence-corrected chi connectivity index (χ4v) is 3.13. The van der Waals surface area contributed by atoms with E-state index in [9.17, 15) is 9.59 Å². The highest BCUT2D eigenvalue weighted by atomic mass is 35.5. The van der Waals surface area contributed by atoms with Crippen molar-refractivity contribution in [1.82, 2.24) is 15.5 Å². The molecule has 1 aromatic heterocycles. The normalized spacial score (nSPS) is 10.5. The van der Waals surface area contributed by atoms with Crippen LogP contribution in [0.3, 0.4) is 0 Å². The number of carbonyl (C=O) groups is 2. The van der Waals surface area contributed by atoms with Gasteiger partial charge in [-0.2, -0.15) is 0 Å². The van der Waals surface area contributed by atoms with E-state index in [1.54, 1.807) is 60.7 Å². The molecule has 2 N–H and O–H groups in total. The van der Waals surface area contributed by atoms with Crippen LogP contribution in [0.2, 0.25) is 5.02 Å². The van der Waals surface area contributed by atoms with Crippen molar-refractivity contribution in [3.63, 3.8) is 0 Å². The van der Waals surface area contributed by atoms with Crippen LogP contribution in [0.1, 0.15) is 21.8 Å². The number of halogens is 1. The van der Waals surface area contributed by atoms with Gasteiger partial charge in [-0.25, -0.2) is 0 Å². The molecule has 8 nitrogen and oxygen atoms in total. The average molecular weight is 477 g/mol. The SMILES string of the molecule is Cc1ccc(C(=O)NCC(=O)Nc2cccc(OCc3nnc(-c4ccc(Cl)cc4)o3)c2)cc1. The Kier molecular flexibility index (Phi) is 7.19. The summed E-state index contributed by atoms with van der Waals surface area (Å²) in [7, 11) is 0. The number of amides is 2. The van der Waals surface area contributed by atoms with Gasteiger partial charge < -0.3 is 19.8 Å². The van der Waals surface area contributed by atoms with Crippen LogP contribution in [0.15, 0.2) is 77.2 Å². The number of nitrogens with one attached hydrogen (secondary N) is 2. The highest BCUT2D eigenvalue weighted by Crippen LogP contribution is 2.22. The Morgan fingerprint density at radius 1 is 1.00 bits per heavy atom. The van der Waals surface area contributed by atoms with Crippen LogP contribution in [0.25, 0.3) is 11.5 Å². The summed E-state index contributed by atoms with van der Waals surface area (Å²) >= 11 is 5.90. The molecule has 4 rings (SSSR count). The summed E-state index contributed by atoms with van der Waals surface area (Å²) in [6.07, 6.45) is 0. The van der Waals surface area contributed by atoms with Crippen LogP contribution in [-0.4, -0.2) is 28.6 Å². The molecule has 4 aromatic rings. The Bertz CT molecular complexity index is 1290. The topological polar surface area (TPSA) is 106 Å². The highest BCUT2D eigenvalue weighted by molar-refractivity contribution is 6.30. The Balaban J connectivity index is 1.28. The number of ether oxygens (including phenoxy) is 1. The van der Waals surface area contributed by atoms with E-state index in [4.69, 9.17) is 20.8 Å². The van der Waals surface area contributed by atoms with E-state index in [2.05, 4.69) is 20.8 Å². The lowest BCUT2D eigenvalue weighted by molar-refractivity contribution is -0.115. The van der Waals surface area contributed by atoms with Gasteiger partial charge in [-0.1, -0.05) is 35.4 Å². The molecule has 0 spiro atoms. The molecule has 0 radical (unpaired) electrons. The second-order valence-electron chi connectivity index (χ2n) is 7.42. The van der Waals surface area contributed by atoms with Crippen molar-refractivity contribution in [2.75, 3.05) is 11.9 Å². The number of benzene rings is 3. The fraction of sp³-hybridized carbons (Fsp3) is 0.120. The van der Waals surface area contributed by atoms with E-state index in [-0.39, 0.29) is 25.0 Å². The summed E-state index contributed by atoms with van der Waals surface area (Å²) in [5.41, 5.74) is 2.83. The highest BCUT2D eigenvalue weighted by Gasteiger charge is 2.11. The predicted octanol–water partition coefficient (Wildman–Crippen LogP) is 4.65. The third-order valence-corrected chi connectivity index (χ3v) is 5.01. The quantitative estimate of drug-likeness (QED) is 0.383. The van der Waals surface area contributed by atoms with E-state index in [1.165, 1.54) is 0 Å². The lowest BCUT2D eigenvalue weighted by Gasteiger charge is -2.09. The van der Waals surface area contributed by atoms with Gasteiger partial charge in [-0.05, 0) is 55.5 Å². The summed E-state index contributed by atoms with van der Waals surface area (Å²) in [5.74, 6) is 0.502. The second kappa shape index (κ2) is 10.6. The number of carbonyl (C=O) groups excluding carboxylic acids is 2. The maximum atomic E-state index is 12.2. The molecule has 0 aliphatic rings. The molecular weight excluding hydrogens is 456 g/mol.